The number of hydrogen-bond donors (Lipinski definition) is 1. The van der Waals surface area contributed by atoms with Gasteiger partial charge in [0.05, 0.1) is 19.1 Å². The largest absolute Gasteiger partial charge is 0.497 e. The summed E-state index contributed by atoms with van der Waals surface area (Å²) in [4.78, 5) is 15.4. The first-order valence-corrected chi connectivity index (χ1v) is 10.2. The van der Waals surface area contributed by atoms with Gasteiger partial charge in [-0.05, 0) is 68.8 Å². The average molecular weight is 371 g/mol. The molecule has 1 N–H and O–H groups in total. The topological polar surface area (TPSA) is 41.6 Å². The molecule has 1 heterocycles. The highest BCUT2D eigenvalue weighted by Crippen LogP contribution is 2.59. The van der Waals surface area contributed by atoms with Crippen molar-refractivity contribution in [2.24, 2.45) is 17.3 Å². The Labute approximate surface area is 164 Å². The second-order valence-electron chi connectivity index (χ2n) is 8.85. The van der Waals surface area contributed by atoms with Crippen molar-refractivity contribution in [3.05, 3.63) is 41.5 Å². The summed E-state index contributed by atoms with van der Waals surface area (Å²) in [6.45, 7) is 11.4. The van der Waals surface area contributed by atoms with Gasteiger partial charge in [-0.25, -0.2) is 0 Å². The van der Waals surface area contributed by atoms with E-state index in [4.69, 9.17) is 4.74 Å². The number of amides is 1. The second kappa shape index (κ2) is 8.05. The van der Waals surface area contributed by atoms with Crippen LogP contribution in [0, 0.1) is 17.3 Å². The van der Waals surface area contributed by atoms with Crippen LogP contribution in [0.5, 0.6) is 5.75 Å². The first-order chi connectivity index (χ1) is 12.8. The van der Waals surface area contributed by atoms with Gasteiger partial charge in [0.2, 0.25) is 5.91 Å². The van der Waals surface area contributed by atoms with Crippen LogP contribution in [0.15, 0.2) is 35.9 Å². The number of likely N-dealkylation sites (tertiary alicyclic amines) is 1. The van der Waals surface area contributed by atoms with Gasteiger partial charge in [0.25, 0.3) is 0 Å². The zero-order chi connectivity index (χ0) is 19.6. The summed E-state index contributed by atoms with van der Waals surface area (Å²) in [5, 5.41) is 3.27. The summed E-state index contributed by atoms with van der Waals surface area (Å²) in [6.07, 6.45) is 4.71. The highest BCUT2D eigenvalue weighted by Gasteiger charge is 2.60. The Balaban J connectivity index is 1.70. The lowest BCUT2D eigenvalue weighted by Gasteiger charge is -2.28. The van der Waals surface area contributed by atoms with Crippen molar-refractivity contribution in [3.63, 3.8) is 0 Å². The fourth-order valence-corrected chi connectivity index (χ4v) is 4.52. The van der Waals surface area contributed by atoms with Gasteiger partial charge in [0.1, 0.15) is 5.75 Å². The number of allylic oxidation sites excluding steroid dienone is 2. The van der Waals surface area contributed by atoms with Crippen LogP contribution in [0.4, 0.5) is 0 Å². The molecule has 3 unspecified atom stereocenters. The standard InChI is InChI=1S/C23H34N2O2/c1-16(2)13-19-21(23(19,3)4)22(26)24-15-20(25-11-6-7-12-25)17-9-8-10-18(14-17)27-5/h8-10,13-14,19-21H,6-7,11-12,15H2,1-5H3,(H,24,26). The third-order valence-corrected chi connectivity index (χ3v) is 6.24. The Hall–Kier alpha value is -1.81. The lowest BCUT2D eigenvalue weighted by Crippen LogP contribution is -2.38. The molecule has 3 atom stereocenters. The lowest BCUT2D eigenvalue weighted by molar-refractivity contribution is -0.123. The molecule has 0 bridgehead atoms. The normalized spacial score (nSPS) is 24.9. The van der Waals surface area contributed by atoms with Crippen molar-refractivity contribution < 1.29 is 9.53 Å². The Kier molecular flexibility index (Phi) is 5.95. The predicted molar refractivity (Wildman–Crippen MR) is 110 cm³/mol. The Bertz CT molecular complexity index is 700. The number of benzene rings is 1. The fraction of sp³-hybridized carbons (Fsp3) is 0.609. The van der Waals surface area contributed by atoms with Crippen molar-refractivity contribution in [2.45, 2.75) is 46.6 Å². The maximum absolute atomic E-state index is 12.9. The zero-order valence-corrected chi connectivity index (χ0v) is 17.4. The number of methoxy groups -OCH3 is 1. The number of carbonyl (C=O) groups excluding carboxylic acids is 1. The lowest BCUT2D eigenvalue weighted by atomic mass is 10.0. The highest BCUT2D eigenvalue weighted by atomic mass is 16.5. The van der Waals surface area contributed by atoms with E-state index in [1.807, 2.05) is 12.1 Å². The van der Waals surface area contributed by atoms with E-state index in [1.165, 1.54) is 24.0 Å². The number of ether oxygens (including phenoxy) is 1. The monoisotopic (exact) mass is 370 g/mol. The number of rotatable bonds is 7. The van der Waals surface area contributed by atoms with E-state index in [2.05, 4.69) is 56.1 Å². The number of carbonyl (C=O) groups is 1. The van der Waals surface area contributed by atoms with Crippen LogP contribution in [-0.4, -0.2) is 37.6 Å². The molecule has 2 aliphatic rings. The summed E-state index contributed by atoms with van der Waals surface area (Å²) in [5.74, 6) is 1.49. The minimum absolute atomic E-state index is 0.0560. The highest BCUT2D eigenvalue weighted by molar-refractivity contribution is 5.83. The molecule has 3 rings (SSSR count). The minimum Gasteiger partial charge on any atom is -0.497 e. The molecule has 1 amide bonds. The van der Waals surface area contributed by atoms with E-state index in [9.17, 15) is 4.79 Å². The average Bonchev–Trinajstić information content (AvgIpc) is 2.99. The molecule has 1 aliphatic heterocycles. The van der Waals surface area contributed by atoms with Crippen LogP contribution < -0.4 is 10.1 Å². The van der Waals surface area contributed by atoms with E-state index in [1.54, 1.807) is 7.11 Å². The second-order valence-corrected chi connectivity index (χ2v) is 8.85. The van der Waals surface area contributed by atoms with E-state index in [0.29, 0.717) is 12.5 Å². The predicted octanol–water partition coefficient (Wildman–Crippen LogP) is 4.19. The summed E-state index contributed by atoms with van der Waals surface area (Å²) >= 11 is 0. The molecule has 1 saturated heterocycles. The van der Waals surface area contributed by atoms with Crippen LogP contribution in [0.3, 0.4) is 0 Å². The van der Waals surface area contributed by atoms with Gasteiger partial charge in [-0.2, -0.15) is 0 Å². The zero-order valence-electron chi connectivity index (χ0n) is 17.4. The molecule has 1 aromatic carbocycles. The summed E-state index contributed by atoms with van der Waals surface area (Å²) < 4.78 is 5.41. The van der Waals surface area contributed by atoms with Crippen molar-refractivity contribution in [2.75, 3.05) is 26.7 Å². The van der Waals surface area contributed by atoms with Crippen molar-refractivity contribution in [3.8, 4) is 5.75 Å². The smallest absolute Gasteiger partial charge is 0.224 e. The third-order valence-electron chi connectivity index (χ3n) is 6.24. The molecule has 27 heavy (non-hydrogen) atoms. The minimum atomic E-state index is 0.0560. The fourth-order valence-electron chi connectivity index (χ4n) is 4.52. The molecule has 0 radical (unpaired) electrons. The maximum Gasteiger partial charge on any atom is 0.224 e. The molecule has 1 saturated carbocycles. The van der Waals surface area contributed by atoms with Crippen molar-refractivity contribution >= 4 is 5.91 Å². The van der Waals surface area contributed by atoms with Crippen molar-refractivity contribution in [1.82, 2.24) is 10.2 Å². The van der Waals surface area contributed by atoms with Gasteiger partial charge < -0.3 is 10.1 Å². The van der Waals surface area contributed by atoms with Crippen LogP contribution in [0.2, 0.25) is 0 Å². The van der Waals surface area contributed by atoms with Crippen LogP contribution in [-0.2, 0) is 4.79 Å². The third kappa shape index (κ3) is 4.37. The van der Waals surface area contributed by atoms with Gasteiger partial charge in [0.15, 0.2) is 0 Å². The van der Waals surface area contributed by atoms with E-state index < -0.39 is 0 Å². The van der Waals surface area contributed by atoms with Crippen molar-refractivity contribution in [1.29, 1.82) is 0 Å². The number of nitrogens with zero attached hydrogens (tertiary/aromatic N) is 1. The Morgan fingerprint density at radius 2 is 2.04 bits per heavy atom. The summed E-state index contributed by atoms with van der Waals surface area (Å²) in [5.41, 5.74) is 2.56. The molecule has 1 aromatic rings. The maximum atomic E-state index is 12.9. The van der Waals surface area contributed by atoms with Gasteiger partial charge in [0, 0.05) is 6.54 Å². The quantitative estimate of drug-likeness (QED) is 0.732. The summed E-state index contributed by atoms with van der Waals surface area (Å²) in [6, 6.07) is 8.45. The molecular weight excluding hydrogens is 336 g/mol. The van der Waals surface area contributed by atoms with E-state index >= 15 is 0 Å². The van der Waals surface area contributed by atoms with Gasteiger partial charge in [-0.3, -0.25) is 9.69 Å². The van der Waals surface area contributed by atoms with Gasteiger partial charge >= 0.3 is 0 Å². The number of hydrogen-bond acceptors (Lipinski definition) is 3. The molecule has 0 aromatic heterocycles. The van der Waals surface area contributed by atoms with Gasteiger partial charge in [-0.15, -0.1) is 0 Å². The van der Waals surface area contributed by atoms with E-state index in [0.717, 1.165) is 18.8 Å². The number of nitrogens with one attached hydrogen (secondary N) is 1. The molecular formula is C23H34N2O2. The van der Waals surface area contributed by atoms with Crippen LogP contribution in [0.25, 0.3) is 0 Å². The Morgan fingerprint density at radius 1 is 1.33 bits per heavy atom. The van der Waals surface area contributed by atoms with Crippen LogP contribution in [0.1, 0.15) is 52.1 Å². The molecule has 2 fully saturated rings. The SMILES string of the molecule is COc1cccc(C(CNC(=O)C2C(C=C(C)C)C2(C)C)N2CCCC2)c1. The first kappa shape index (κ1) is 19.9. The molecule has 4 heteroatoms. The molecule has 4 nitrogen and oxygen atoms in total. The van der Waals surface area contributed by atoms with E-state index in [-0.39, 0.29) is 23.3 Å². The van der Waals surface area contributed by atoms with Gasteiger partial charge in [-0.1, -0.05) is 37.6 Å². The molecule has 148 valence electrons. The molecule has 1 aliphatic carbocycles. The summed E-state index contributed by atoms with van der Waals surface area (Å²) in [7, 11) is 1.70. The van der Waals surface area contributed by atoms with Crippen LogP contribution >= 0.6 is 0 Å². The molecule has 0 spiro atoms. The first-order valence-electron chi connectivity index (χ1n) is 10.2. The Morgan fingerprint density at radius 3 is 2.67 bits per heavy atom.